The van der Waals surface area contributed by atoms with Gasteiger partial charge in [-0.15, -0.1) is 0 Å². The van der Waals surface area contributed by atoms with Crippen molar-refractivity contribution < 1.29 is 28.9 Å². The van der Waals surface area contributed by atoms with Crippen molar-refractivity contribution >= 4 is 28.8 Å². The molecule has 0 saturated heterocycles. The molecular weight excluding hydrogens is 526 g/mol. The number of nitrogens with one attached hydrogen (secondary N) is 2. The number of aryl methyl sites for hydroxylation is 1. The third kappa shape index (κ3) is 6.57. The van der Waals surface area contributed by atoms with Crippen LogP contribution >= 0.6 is 0 Å². The first-order valence-corrected chi connectivity index (χ1v) is 13.0. The number of nitrogens with zero attached hydrogens (tertiary/aromatic N) is 3. The number of hydrogen-bond acceptors (Lipinski definition) is 9. The number of rotatable bonds is 11. The lowest BCUT2D eigenvalue weighted by atomic mass is 10.1. The minimum Gasteiger partial charge on any atom is -0.478 e. The summed E-state index contributed by atoms with van der Waals surface area (Å²) in [4.78, 5) is 24.7. The van der Waals surface area contributed by atoms with E-state index in [1.165, 1.54) is 6.20 Å². The minimum atomic E-state index is -1.16. The van der Waals surface area contributed by atoms with E-state index in [0.29, 0.717) is 50.8 Å². The molecule has 0 aliphatic carbocycles. The molecule has 3 N–H and O–H groups in total. The summed E-state index contributed by atoms with van der Waals surface area (Å²) in [6.45, 7) is 7.03. The van der Waals surface area contributed by atoms with Crippen LogP contribution in [0.1, 0.15) is 42.3 Å². The zero-order valence-corrected chi connectivity index (χ0v) is 23.2. The number of carbonyl (C=O) groups is 2. The van der Waals surface area contributed by atoms with E-state index >= 15 is 0 Å². The number of hydrogen-bond donors (Lipinski definition) is 3. The molecule has 0 fully saturated rings. The number of aromatic nitrogens is 2. The molecule has 0 aliphatic heterocycles. The molecule has 0 radical (unpaired) electrons. The first kappa shape index (κ1) is 28.9. The molecular formula is C30H31N5O6. The lowest BCUT2D eigenvalue weighted by Gasteiger charge is -2.25. The summed E-state index contributed by atoms with van der Waals surface area (Å²) < 4.78 is 18.6. The van der Waals surface area contributed by atoms with Crippen molar-refractivity contribution in [2.24, 2.45) is 0 Å². The van der Waals surface area contributed by atoms with E-state index in [4.69, 9.17) is 19.3 Å². The van der Waals surface area contributed by atoms with Gasteiger partial charge in [0.15, 0.2) is 5.60 Å². The van der Waals surface area contributed by atoms with Crippen molar-refractivity contribution in [2.75, 3.05) is 25.1 Å². The fourth-order valence-electron chi connectivity index (χ4n) is 4.13. The van der Waals surface area contributed by atoms with Crippen molar-refractivity contribution in [3.05, 3.63) is 77.6 Å². The van der Waals surface area contributed by atoms with Gasteiger partial charge in [0.25, 0.3) is 5.91 Å². The van der Waals surface area contributed by atoms with Crippen LogP contribution in [0.3, 0.4) is 0 Å². The van der Waals surface area contributed by atoms with E-state index in [9.17, 15) is 14.9 Å². The van der Waals surface area contributed by atoms with E-state index in [1.807, 2.05) is 0 Å². The topological polar surface area (TPSA) is 147 Å². The summed E-state index contributed by atoms with van der Waals surface area (Å²) in [6.07, 6.45) is 3.03. The molecule has 0 atom stereocenters. The van der Waals surface area contributed by atoms with Crippen LogP contribution in [0.5, 0.6) is 17.2 Å². The Hall–Kier alpha value is -5.08. The number of fused-ring (bicyclic) bond motifs is 1. The maximum absolute atomic E-state index is 12.4. The monoisotopic (exact) mass is 557 g/mol. The highest BCUT2D eigenvalue weighted by molar-refractivity contribution is 5.97. The third-order valence-corrected chi connectivity index (χ3v) is 6.15. The Morgan fingerprint density at radius 2 is 1.85 bits per heavy atom. The van der Waals surface area contributed by atoms with Crippen LogP contribution in [0, 0.1) is 18.3 Å². The van der Waals surface area contributed by atoms with Crippen molar-refractivity contribution in [1.82, 2.24) is 14.9 Å². The van der Waals surface area contributed by atoms with Gasteiger partial charge in [0.2, 0.25) is 0 Å². The van der Waals surface area contributed by atoms with Crippen molar-refractivity contribution in [2.45, 2.75) is 33.3 Å². The first-order chi connectivity index (χ1) is 19.7. The van der Waals surface area contributed by atoms with Gasteiger partial charge in [-0.3, -0.25) is 4.79 Å². The minimum absolute atomic E-state index is 0.142. The van der Waals surface area contributed by atoms with Gasteiger partial charge >= 0.3 is 5.97 Å². The number of ether oxygens (including phenoxy) is 3. The molecule has 4 aromatic rings. The largest absolute Gasteiger partial charge is 0.478 e. The number of carbonyl (C=O) groups excluding carboxylic acids is 2. The van der Waals surface area contributed by atoms with Crippen LogP contribution in [-0.2, 0) is 9.53 Å². The smallest absolute Gasteiger partial charge is 0.340 e. The number of amides is 1. The SMILES string of the molecule is CCOC(=O)c1cn2ncc(C#N)c(Nc3ccc(Oc4cccc(OC(C)(C)C(=O)NCCO)c4)cc3)c2c1C. The summed E-state index contributed by atoms with van der Waals surface area (Å²) in [5.74, 6) is 0.702. The highest BCUT2D eigenvalue weighted by Crippen LogP contribution is 2.32. The molecule has 41 heavy (non-hydrogen) atoms. The molecule has 0 aliphatic rings. The molecule has 212 valence electrons. The van der Waals surface area contributed by atoms with Gasteiger partial charge in [-0.05, 0) is 69.7 Å². The third-order valence-electron chi connectivity index (χ3n) is 6.15. The normalized spacial score (nSPS) is 11.0. The summed E-state index contributed by atoms with van der Waals surface area (Å²) in [7, 11) is 0. The standard InChI is InChI=1S/C30H31N5O6/c1-5-39-28(37)25-18-35-27(19(25)2)26(20(16-31)17-33-35)34-21-9-11-22(12-10-21)40-23-7-6-8-24(15-23)41-30(3,4)29(38)32-13-14-36/h6-12,15,17-18,34,36H,5,13-14H2,1-4H3,(H,32,38). The molecule has 11 heteroatoms. The predicted molar refractivity (Wildman–Crippen MR) is 152 cm³/mol. The van der Waals surface area contributed by atoms with Crippen molar-refractivity contribution in [3.8, 4) is 23.3 Å². The van der Waals surface area contributed by atoms with Crippen LogP contribution in [0.2, 0.25) is 0 Å². The van der Waals surface area contributed by atoms with E-state index in [0.717, 1.165) is 0 Å². The van der Waals surface area contributed by atoms with Gasteiger partial charge in [-0.1, -0.05) is 6.07 Å². The van der Waals surface area contributed by atoms with Gasteiger partial charge in [-0.2, -0.15) is 10.4 Å². The first-order valence-electron chi connectivity index (χ1n) is 13.0. The second-order valence-electron chi connectivity index (χ2n) is 9.54. The van der Waals surface area contributed by atoms with E-state index in [1.54, 1.807) is 86.9 Å². The number of aliphatic hydroxyl groups excluding tert-OH is 1. The molecule has 11 nitrogen and oxygen atoms in total. The number of benzene rings is 2. The predicted octanol–water partition coefficient (Wildman–Crippen LogP) is 4.49. The van der Waals surface area contributed by atoms with Crippen LogP contribution in [0.25, 0.3) is 5.52 Å². The Labute approximate surface area is 237 Å². The number of nitriles is 1. The average molecular weight is 558 g/mol. The maximum Gasteiger partial charge on any atom is 0.340 e. The second-order valence-corrected chi connectivity index (χ2v) is 9.54. The highest BCUT2D eigenvalue weighted by Gasteiger charge is 2.29. The molecule has 2 aromatic carbocycles. The summed E-state index contributed by atoms with van der Waals surface area (Å²) in [5, 5.41) is 28.8. The second kappa shape index (κ2) is 12.4. The fourth-order valence-corrected chi connectivity index (χ4v) is 4.13. The Kier molecular flexibility index (Phi) is 8.75. The quantitative estimate of drug-likeness (QED) is 0.227. The molecule has 0 bridgehead atoms. The Morgan fingerprint density at radius 1 is 1.12 bits per heavy atom. The number of aliphatic hydroxyl groups is 1. The highest BCUT2D eigenvalue weighted by atomic mass is 16.5. The van der Waals surface area contributed by atoms with Crippen molar-refractivity contribution in [1.29, 1.82) is 5.26 Å². The fraction of sp³-hybridized carbons (Fsp3) is 0.267. The maximum atomic E-state index is 12.4. The number of anilines is 2. The van der Waals surface area contributed by atoms with Crippen LogP contribution in [0.4, 0.5) is 11.4 Å². The van der Waals surface area contributed by atoms with Crippen LogP contribution < -0.4 is 20.1 Å². The van der Waals surface area contributed by atoms with Gasteiger partial charge in [-0.25, -0.2) is 9.31 Å². The molecule has 0 spiro atoms. The lowest BCUT2D eigenvalue weighted by Crippen LogP contribution is -2.47. The molecule has 2 heterocycles. The molecule has 0 saturated carbocycles. The Balaban J connectivity index is 1.52. The average Bonchev–Trinajstić information content (AvgIpc) is 3.29. The lowest BCUT2D eigenvalue weighted by molar-refractivity contribution is -0.134. The van der Waals surface area contributed by atoms with Crippen LogP contribution in [0.15, 0.2) is 60.9 Å². The summed E-state index contributed by atoms with van der Waals surface area (Å²) in [6, 6.07) is 16.2. The molecule has 2 aromatic heterocycles. The zero-order chi connectivity index (χ0) is 29.6. The van der Waals surface area contributed by atoms with Crippen molar-refractivity contribution in [3.63, 3.8) is 0 Å². The van der Waals surface area contributed by atoms with E-state index < -0.39 is 11.6 Å². The Morgan fingerprint density at radius 3 is 2.54 bits per heavy atom. The molecule has 1 amide bonds. The van der Waals surface area contributed by atoms with Gasteiger partial charge in [0.1, 0.15) is 23.3 Å². The molecule has 0 unspecified atom stereocenters. The van der Waals surface area contributed by atoms with Crippen LogP contribution in [-0.4, -0.2) is 52.0 Å². The zero-order valence-electron chi connectivity index (χ0n) is 23.2. The van der Waals surface area contributed by atoms with Gasteiger partial charge in [0.05, 0.1) is 41.7 Å². The summed E-state index contributed by atoms with van der Waals surface area (Å²) in [5.41, 5.74) is 1.98. The number of esters is 1. The van der Waals surface area contributed by atoms with Gasteiger partial charge < -0.3 is 30.0 Å². The van der Waals surface area contributed by atoms with E-state index in [2.05, 4.69) is 21.8 Å². The summed E-state index contributed by atoms with van der Waals surface area (Å²) >= 11 is 0. The Bertz CT molecular complexity index is 1600. The van der Waals surface area contributed by atoms with E-state index in [-0.39, 0.29) is 25.7 Å². The van der Waals surface area contributed by atoms with Gasteiger partial charge in [0, 0.05) is 24.5 Å². The molecule has 4 rings (SSSR count).